The monoisotopic (exact) mass is 285 g/mol. The highest BCUT2D eigenvalue weighted by Crippen LogP contribution is 2.19. The minimum Gasteiger partial charge on any atom is -0.469 e. The van der Waals surface area contributed by atoms with Crippen LogP contribution in [0.15, 0.2) is 47.1 Å². The van der Waals surface area contributed by atoms with E-state index in [9.17, 15) is 0 Å². The van der Waals surface area contributed by atoms with Crippen LogP contribution in [0.5, 0.6) is 0 Å². The van der Waals surface area contributed by atoms with Gasteiger partial charge in [-0.05, 0) is 49.4 Å². The van der Waals surface area contributed by atoms with Crippen molar-refractivity contribution in [2.24, 2.45) is 0 Å². The van der Waals surface area contributed by atoms with Crippen molar-refractivity contribution in [1.29, 1.82) is 0 Å². The maximum absolute atomic E-state index is 5.38. The minimum atomic E-state index is 0.373. The molecule has 114 valence electrons. The van der Waals surface area contributed by atoms with Gasteiger partial charge in [0, 0.05) is 18.5 Å². The fourth-order valence-corrected chi connectivity index (χ4v) is 2.59. The zero-order valence-electron chi connectivity index (χ0n) is 13.6. The van der Waals surface area contributed by atoms with Crippen molar-refractivity contribution >= 4 is 0 Å². The lowest BCUT2D eigenvalue weighted by atomic mass is 9.99. The highest BCUT2D eigenvalue weighted by molar-refractivity contribution is 5.26. The fourth-order valence-electron chi connectivity index (χ4n) is 2.59. The van der Waals surface area contributed by atoms with Gasteiger partial charge in [-0.3, -0.25) is 0 Å². The van der Waals surface area contributed by atoms with Gasteiger partial charge >= 0.3 is 0 Å². The SMILES string of the molecule is CC(C)c1ccc([C@H](C)N[C@@H](C)CCc2ccco2)cc1. The Labute approximate surface area is 128 Å². The van der Waals surface area contributed by atoms with E-state index in [2.05, 4.69) is 57.3 Å². The molecule has 0 saturated carbocycles. The Morgan fingerprint density at radius 3 is 2.19 bits per heavy atom. The first kappa shape index (κ1) is 15.8. The van der Waals surface area contributed by atoms with E-state index in [4.69, 9.17) is 4.42 Å². The molecule has 1 aromatic carbocycles. The molecule has 1 heterocycles. The summed E-state index contributed by atoms with van der Waals surface area (Å²) in [6.07, 6.45) is 3.81. The number of rotatable bonds is 7. The lowest BCUT2D eigenvalue weighted by Gasteiger charge is -2.20. The second kappa shape index (κ2) is 7.46. The molecule has 0 saturated heterocycles. The van der Waals surface area contributed by atoms with Crippen LogP contribution in [0.2, 0.25) is 0 Å². The number of aryl methyl sites for hydroxylation is 1. The molecule has 0 amide bonds. The highest BCUT2D eigenvalue weighted by Gasteiger charge is 2.10. The van der Waals surface area contributed by atoms with Gasteiger partial charge in [-0.1, -0.05) is 38.1 Å². The predicted octanol–water partition coefficient (Wildman–Crippen LogP) is 5.07. The van der Waals surface area contributed by atoms with E-state index in [1.807, 2.05) is 12.1 Å². The van der Waals surface area contributed by atoms with Crippen LogP contribution in [0, 0.1) is 0 Å². The molecule has 2 rings (SSSR count). The zero-order valence-corrected chi connectivity index (χ0v) is 13.6. The predicted molar refractivity (Wildman–Crippen MR) is 88.6 cm³/mol. The van der Waals surface area contributed by atoms with Crippen LogP contribution in [0.25, 0.3) is 0 Å². The smallest absolute Gasteiger partial charge is 0.103 e. The summed E-state index contributed by atoms with van der Waals surface area (Å²) in [5.41, 5.74) is 2.75. The lowest BCUT2D eigenvalue weighted by molar-refractivity contribution is 0.430. The van der Waals surface area contributed by atoms with Crippen molar-refractivity contribution in [2.75, 3.05) is 0 Å². The van der Waals surface area contributed by atoms with Crippen LogP contribution in [-0.4, -0.2) is 6.04 Å². The molecule has 1 aromatic heterocycles. The van der Waals surface area contributed by atoms with E-state index in [-0.39, 0.29) is 0 Å². The molecule has 0 aliphatic rings. The topological polar surface area (TPSA) is 25.2 Å². The molecule has 2 heteroatoms. The van der Waals surface area contributed by atoms with E-state index < -0.39 is 0 Å². The van der Waals surface area contributed by atoms with Crippen molar-refractivity contribution in [2.45, 2.75) is 58.5 Å². The average Bonchev–Trinajstić information content (AvgIpc) is 2.98. The number of hydrogen-bond donors (Lipinski definition) is 1. The fraction of sp³-hybridized carbons (Fsp3) is 0.474. The Morgan fingerprint density at radius 2 is 1.62 bits per heavy atom. The molecule has 2 atom stereocenters. The summed E-state index contributed by atoms with van der Waals surface area (Å²) >= 11 is 0. The van der Waals surface area contributed by atoms with E-state index >= 15 is 0 Å². The first-order valence-corrected chi connectivity index (χ1v) is 7.94. The number of hydrogen-bond acceptors (Lipinski definition) is 2. The van der Waals surface area contributed by atoms with E-state index in [1.165, 1.54) is 11.1 Å². The third-order valence-corrected chi connectivity index (χ3v) is 4.04. The second-order valence-electron chi connectivity index (χ2n) is 6.23. The standard InChI is InChI=1S/C19H27NO/c1-14(2)17-8-10-18(11-9-17)16(4)20-15(3)7-12-19-6-5-13-21-19/h5-6,8-11,13-16,20H,7,12H2,1-4H3/t15-,16-/m0/s1. The summed E-state index contributed by atoms with van der Waals surface area (Å²) in [4.78, 5) is 0. The number of furan rings is 1. The van der Waals surface area contributed by atoms with Crippen molar-refractivity contribution in [3.8, 4) is 0 Å². The summed E-state index contributed by atoms with van der Waals surface area (Å²) < 4.78 is 5.38. The molecule has 0 unspecified atom stereocenters. The molecule has 0 spiro atoms. The molecule has 21 heavy (non-hydrogen) atoms. The molecule has 2 nitrogen and oxygen atoms in total. The molecule has 1 N–H and O–H groups in total. The quantitative estimate of drug-likeness (QED) is 0.768. The molecule has 0 fully saturated rings. The van der Waals surface area contributed by atoms with Crippen LogP contribution >= 0.6 is 0 Å². The van der Waals surface area contributed by atoms with Crippen LogP contribution in [0.4, 0.5) is 0 Å². The Morgan fingerprint density at radius 1 is 0.952 bits per heavy atom. The van der Waals surface area contributed by atoms with Gasteiger partial charge in [0.05, 0.1) is 6.26 Å². The molecular weight excluding hydrogens is 258 g/mol. The van der Waals surface area contributed by atoms with Gasteiger partial charge in [0.25, 0.3) is 0 Å². The van der Waals surface area contributed by atoms with Gasteiger partial charge in [-0.2, -0.15) is 0 Å². The number of benzene rings is 1. The summed E-state index contributed by atoms with van der Waals surface area (Å²) in [7, 11) is 0. The van der Waals surface area contributed by atoms with Gasteiger partial charge in [0.1, 0.15) is 5.76 Å². The highest BCUT2D eigenvalue weighted by atomic mass is 16.3. The third kappa shape index (κ3) is 4.75. The van der Waals surface area contributed by atoms with Gasteiger partial charge < -0.3 is 9.73 Å². The Kier molecular flexibility index (Phi) is 5.63. The molecule has 0 aliphatic heterocycles. The maximum Gasteiger partial charge on any atom is 0.103 e. The Hall–Kier alpha value is -1.54. The number of nitrogens with one attached hydrogen (secondary N) is 1. The van der Waals surface area contributed by atoms with Crippen molar-refractivity contribution in [3.05, 3.63) is 59.5 Å². The normalized spacial score (nSPS) is 14.3. The summed E-state index contributed by atoms with van der Waals surface area (Å²) in [6.45, 7) is 8.93. The van der Waals surface area contributed by atoms with Crippen LogP contribution < -0.4 is 5.32 Å². The minimum absolute atomic E-state index is 0.373. The Balaban J connectivity index is 1.83. The van der Waals surface area contributed by atoms with Crippen molar-refractivity contribution in [3.63, 3.8) is 0 Å². The maximum atomic E-state index is 5.38. The summed E-state index contributed by atoms with van der Waals surface area (Å²) in [6, 6.07) is 13.8. The van der Waals surface area contributed by atoms with Gasteiger partial charge in [0.2, 0.25) is 0 Å². The second-order valence-corrected chi connectivity index (χ2v) is 6.23. The molecule has 0 bridgehead atoms. The van der Waals surface area contributed by atoms with Gasteiger partial charge in [-0.25, -0.2) is 0 Å². The van der Waals surface area contributed by atoms with E-state index in [1.54, 1.807) is 6.26 Å². The molecule has 2 aromatic rings. The zero-order chi connectivity index (χ0) is 15.2. The first-order chi connectivity index (χ1) is 10.1. The van der Waals surface area contributed by atoms with Crippen LogP contribution in [-0.2, 0) is 6.42 Å². The first-order valence-electron chi connectivity index (χ1n) is 7.94. The van der Waals surface area contributed by atoms with Crippen molar-refractivity contribution in [1.82, 2.24) is 5.32 Å². The van der Waals surface area contributed by atoms with E-state index in [0.717, 1.165) is 18.6 Å². The average molecular weight is 285 g/mol. The molecule has 0 aliphatic carbocycles. The largest absolute Gasteiger partial charge is 0.469 e. The van der Waals surface area contributed by atoms with Gasteiger partial charge in [-0.15, -0.1) is 0 Å². The van der Waals surface area contributed by atoms with Crippen LogP contribution in [0.1, 0.15) is 63.0 Å². The van der Waals surface area contributed by atoms with E-state index in [0.29, 0.717) is 18.0 Å². The van der Waals surface area contributed by atoms with Crippen molar-refractivity contribution < 1.29 is 4.42 Å². The van der Waals surface area contributed by atoms with Crippen LogP contribution in [0.3, 0.4) is 0 Å². The summed E-state index contributed by atoms with van der Waals surface area (Å²) in [5, 5.41) is 3.67. The molecular formula is C19H27NO. The Bertz CT molecular complexity index is 513. The van der Waals surface area contributed by atoms with Gasteiger partial charge in [0.15, 0.2) is 0 Å². The third-order valence-electron chi connectivity index (χ3n) is 4.04. The molecule has 0 radical (unpaired) electrons. The lowest BCUT2D eigenvalue weighted by Crippen LogP contribution is -2.29. The summed E-state index contributed by atoms with van der Waals surface area (Å²) in [5.74, 6) is 1.66.